The molecule has 2 rings (SSSR count). The molecule has 1 aromatic rings. The molecule has 0 radical (unpaired) electrons. The molecule has 0 nitrogen and oxygen atoms in total. The van der Waals surface area contributed by atoms with Gasteiger partial charge in [0.25, 0.3) is 0 Å². The molecular formula is C14H18. The van der Waals surface area contributed by atoms with Crippen LogP contribution in [0.1, 0.15) is 30.9 Å². The Hall–Kier alpha value is -1.04. The number of hydrogen-bond acceptors (Lipinski definition) is 0. The highest BCUT2D eigenvalue weighted by Gasteiger charge is 2.25. The van der Waals surface area contributed by atoms with E-state index in [1.54, 1.807) is 0 Å². The zero-order valence-electron chi connectivity index (χ0n) is 8.87. The van der Waals surface area contributed by atoms with Gasteiger partial charge >= 0.3 is 0 Å². The lowest BCUT2D eigenvalue weighted by Crippen LogP contribution is -2.23. The summed E-state index contributed by atoms with van der Waals surface area (Å²) in [5.41, 5.74) is 2.78. The van der Waals surface area contributed by atoms with Crippen LogP contribution in [0, 0.1) is 11.8 Å². The Morgan fingerprint density at radius 1 is 1.36 bits per heavy atom. The van der Waals surface area contributed by atoms with Crippen LogP contribution >= 0.6 is 0 Å². The summed E-state index contributed by atoms with van der Waals surface area (Å²) in [6.07, 6.45) is 6.03. The third kappa shape index (κ3) is 1.89. The van der Waals surface area contributed by atoms with Crippen LogP contribution in [0.25, 0.3) is 6.08 Å². The molecule has 74 valence electrons. The molecule has 1 aliphatic rings. The van der Waals surface area contributed by atoms with E-state index >= 15 is 0 Å². The maximum Gasteiger partial charge on any atom is -0.0230 e. The molecule has 1 saturated carbocycles. The van der Waals surface area contributed by atoms with Crippen LogP contribution in [0.4, 0.5) is 0 Å². The number of rotatable bonds is 3. The molecule has 0 spiro atoms. The average Bonchev–Trinajstić information content (AvgIpc) is 2.16. The van der Waals surface area contributed by atoms with Crippen LogP contribution in [-0.4, -0.2) is 0 Å². The van der Waals surface area contributed by atoms with E-state index in [2.05, 4.69) is 37.8 Å². The van der Waals surface area contributed by atoms with E-state index in [-0.39, 0.29) is 0 Å². The molecule has 14 heavy (non-hydrogen) atoms. The van der Waals surface area contributed by atoms with Gasteiger partial charge in [0.1, 0.15) is 0 Å². The lowest BCUT2D eigenvalue weighted by atomic mass is 9.73. The molecule has 0 saturated heterocycles. The summed E-state index contributed by atoms with van der Waals surface area (Å²) in [7, 11) is 0. The van der Waals surface area contributed by atoms with Crippen molar-refractivity contribution < 1.29 is 0 Å². The molecule has 0 N–H and O–H groups in total. The van der Waals surface area contributed by atoms with Crippen molar-refractivity contribution in [3.05, 3.63) is 42.0 Å². The maximum absolute atomic E-state index is 3.86. The van der Waals surface area contributed by atoms with Gasteiger partial charge in [0, 0.05) is 0 Å². The quantitative estimate of drug-likeness (QED) is 0.671. The number of hydrogen-bond donors (Lipinski definition) is 0. The Morgan fingerprint density at radius 3 is 2.71 bits per heavy atom. The summed E-state index contributed by atoms with van der Waals surface area (Å²) in [6, 6.07) is 8.61. The first-order valence-electron chi connectivity index (χ1n) is 5.50. The fraction of sp³-hybridized carbons (Fsp3) is 0.429. The average molecular weight is 186 g/mol. The van der Waals surface area contributed by atoms with Crippen LogP contribution in [-0.2, 0) is 6.42 Å². The van der Waals surface area contributed by atoms with Crippen LogP contribution in [0.2, 0.25) is 0 Å². The molecule has 0 unspecified atom stereocenters. The Bertz CT molecular complexity index is 319. The number of benzene rings is 1. The van der Waals surface area contributed by atoms with Gasteiger partial charge in [-0.1, -0.05) is 43.8 Å². The van der Waals surface area contributed by atoms with E-state index in [0.717, 1.165) is 11.8 Å². The minimum Gasteiger partial charge on any atom is -0.0985 e. The van der Waals surface area contributed by atoms with E-state index in [1.165, 1.54) is 30.4 Å². The lowest BCUT2D eigenvalue weighted by Gasteiger charge is -2.33. The molecule has 0 aromatic heterocycles. The largest absolute Gasteiger partial charge is 0.0985 e. The summed E-state index contributed by atoms with van der Waals surface area (Å²) in [4.78, 5) is 0. The smallest absolute Gasteiger partial charge is 0.0230 e. The molecular weight excluding hydrogens is 168 g/mol. The molecule has 0 atom stereocenters. The summed E-state index contributed by atoms with van der Waals surface area (Å²) in [5.74, 6) is 1.88. The fourth-order valence-electron chi connectivity index (χ4n) is 2.47. The molecule has 1 aliphatic carbocycles. The second kappa shape index (κ2) is 4.00. The van der Waals surface area contributed by atoms with Gasteiger partial charge in [-0.05, 0) is 42.2 Å². The molecule has 0 heteroatoms. The van der Waals surface area contributed by atoms with Crippen molar-refractivity contribution in [3.63, 3.8) is 0 Å². The van der Waals surface area contributed by atoms with Crippen molar-refractivity contribution in [2.75, 3.05) is 0 Å². The van der Waals surface area contributed by atoms with Gasteiger partial charge in [0.15, 0.2) is 0 Å². The summed E-state index contributed by atoms with van der Waals surface area (Å²) in [5, 5.41) is 0. The van der Waals surface area contributed by atoms with E-state index < -0.39 is 0 Å². The summed E-state index contributed by atoms with van der Waals surface area (Å²) < 4.78 is 0. The standard InChI is InChI=1S/C14H18/c1-3-13-6-4-5-7-14(13)10-12-8-11(2)9-12/h3-7,11-12H,1,8-10H2,2H3. The second-order valence-corrected chi connectivity index (χ2v) is 4.55. The Kier molecular flexibility index (Phi) is 2.72. The maximum atomic E-state index is 3.86. The fourth-order valence-corrected chi connectivity index (χ4v) is 2.47. The van der Waals surface area contributed by atoms with Crippen molar-refractivity contribution in [2.24, 2.45) is 11.8 Å². The SMILES string of the molecule is C=Cc1ccccc1CC1CC(C)C1. The Morgan fingerprint density at radius 2 is 2.07 bits per heavy atom. The Labute approximate surface area is 86.7 Å². The normalized spacial score (nSPS) is 25.5. The highest BCUT2D eigenvalue weighted by atomic mass is 14.3. The van der Waals surface area contributed by atoms with Crippen LogP contribution < -0.4 is 0 Å². The molecule has 0 aliphatic heterocycles. The van der Waals surface area contributed by atoms with E-state index in [1.807, 2.05) is 6.08 Å². The molecule has 0 heterocycles. The summed E-state index contributed by atoms with van der Waals surface area (Å²) >= 11 is 0. The first kappa shape index (κ1) is 9.51. The van der Waals surface area contributed by atoms with E-state index in [9.17, 15) is 0 Å². The van der Waals surface area contributed by atoms with Gasteiger partial charge < -0.3 is 0 Å². The lowest BCUT2D eigenvalue weighted by molar-refractivity contribution is 0.211. The van der Waals surface area contributed by atoms with Crippen LogP contribution in [0.15, 0.2) is 30.8 Å². The van der Waals surface area contributed by atoms with Crippen molar-refractivity contribution in [2.45, 2.75) is 26.2 Å². The van der Waals surface area contributed by atoms with Crippen molar-refractivity contribution in [1.29, 1.82) is 0 Å². The van der Waals surface area contributed by atoms with E-state index in [4.69, 9.17) is 0 Å². The highest BCUT2D eigenvalue weighted by Crippen LogP contribution is 2.36. The second-order valence-electron chi connectivity index (χ2n) is 4.55. The molecule has 0 bridgehead atoms. The first-order valence-corrected chi connectivity index (χ1v) is 5.50. The van der Waals surface area contributed by atoms with Crippen molar-refractivity contribution >= 4 is 6.08 Å². The van der Waals surface area contributed by atoms with Crippen molar-refractivity contribution in [1.82, 2.24) is 0 Å². The Balaban J connectivity index is 2.05. The molecule has 1 fully saturated rings. The minimum absolute atomic E-state index is 0.922. The van der Waals surface area contributed by atoms with Crippen molar-refractivity contribution in [3.8, 4) is 0 Å². The van der Waals surface area contributed by atoms with Gasteiger partial charge in [0.05, 0.1) is 0 Å². The first-order chi connectivity index (χ1) is 6.79. The van der Waals surface area contributed by atoms with Gasteiger partial charge in [-0.15, -0.1) is 0 Å². The monoisotopic (exact) mass is 186 g/mol. The minimum atomic E-state index is 0.922. The van der Waals surface area contributed by atoms with Gasteiger partial charge in [0.2, 0.25) is 0 Å². The third-order valence-corrected chi connectivity index (χ3v) is 3.26. The van der Waals surface area contributed by atoms with Gasteiger partial charge in [-0.25, -0.2) is 0 Å². The van der Waals surface area contributed by atoms with E-state index in [0.29, 0.717) is 0 Å². The predicted octanol–water partition coefficient (Wildman–Crippen LogP) is 3.92. The zero-order valence-corrected chi connectivity index (χ0v) is 8.87. The van der Waals surface area contributed by atoms with Crippen LogP contribution in [0.5, 0.6) is 0 Å². The summed E-state index contributed by atoms with van der Waals surface area (Å²) in [6.45, 7) is 6.20. The van der Waals surface area contributed by atoms with Gasteiger partial charge in [-0.3, -0.25) is 0 Å². The molecule has 1 aromatic carbocycles. The van der Waals surface area contributed by atoms with Gasteiger partial charge in [-0.2, -0.15) is 0 Å². The van der Waals surface area contributed by atoms with Crippen LogP contribution in [0.3, 0.4) is 0 Å². The zero-order chi connectivity index (χ0) is 9.97. The predicted molar refractivity (Wildman–Crippen MR) is 62.1 cm³/mol. The third-order valence-electron chi connectivity index (χ3n) is 3.26. The topological polar surface area (TPSA) is 0 Å². The molecule has 0 amide bonds. The highest BCUT2D eigenvalue weighted by molar-refractivity contribution is 5.51.